The summed E-state index contributed by atoms with van der Waals surface area (Å²) in [6.07, 6.45) is 5.54. The van der Waals surface area contributed by atoms with Crippen LogP contribution in [0.15, 0.2) is 34.6 Å². The second-order valence-electron chi connectivity index (χ2n) is 6.61. The summed E-state index contributed by atoms with van der Waals surface area (Å²) in [4.78, 5) is 29.7. The molecular formula is C17H22BrN3O3. The average molecular weight is 396 g/mol. The number of hydrogen-bond acceptors (Lipinski definition) is 4. The smallest absolute Gasteiger partial charge is 0.410 e. The molecule has 0 atom stereocenters. The number of pyridine rings is 1. The molecule has 0 fully saturated rings. The molecule has 2 amide bonds. The number of ether oxygens (including phenoxy) is 1. The van der Waals surface area contributed by atoms with Crippen LogP contribution in [-0.2, 0) is 4.74 Å². The molecular weight excluding hydrogens is 374 g/mol. The van der Waals surface area contributed by atoms with Crippen LogP contribution in [0.5, 0.6) is 0 Å². The van der Waals surface area contributed by atoms with E-state index < -0.39 is 5.60 Å². The Morgan fingerprint density at radius 1 is 1.38 bits per heavy atom. The second kappa shape index (κ2) is 7.79. The van der Waals surface area contributed by atoms with Crippen molar-refractivity contribution >= 4 is 27.9 Å². The summed E-state index contributed by atoms with van der Waals surface area (Å²) in [5.41, 5.74) is 1.12. The van der Waals surface area contributed by atoms with Gasteiger partial charge in [0.05, 0.1) is 5.56 Å². The number of amides is 2. The molecule has 1 N–H and O–H groups in total. The predicted molar refractivity (Wildman–Crippen MR) is 94.8 cm³/mol. The van der Waals surface area contributed by atoms with Crippen molar-refractivity contribution < 1.29 is 14.3 Å². The molecule has 6 nitrogen and oxygen atoms in total. The van der Waals surface area contributed by atoms with Crippen LogP contribution in [-0.4, -0.2) is 47.1 Å². The summed E-state index contributed by atoms with van der Waals surface area (Å²) in [6.45, 7) is 7.11. The molecule has 0 saturated heterocycles. The lowest BCUT2D eigenvalue weighted by atomic mass is 10.1. The Kier molecular flexibility index (Phi) is 5.99. The van der Waals surface area contributed by atoms with Crippen LogP contribution in [0.4, 0.5) is 4.79 Å². The summed E-state index contributed by atoms with van der Waals surface area (Å²) in [5.74, 6) is -0.167. The number of carbonyl (C=O) groups excluding carboxylic acids is 2. The SMILES string of the molecule is CC(C)(C)OC(=O)N1CC=C(CNC(=O)c2cncc(Br)c2)CC1. The minimum absolute atomic E-state index is 0.167. The molecule has 0 spiro atoms. The van der Waals surface area contributed by atoms with Crippen LogP contribution in [0.1, 0.15) is 37.6 Å². The largest absolute Gasteiger partial charge is 0.444 e. The normalized spacial score (nSPS) is 14.8. The standard InChI is InChI=1S/C17H22BrN3O3/c1-17(2,3)24-16(23)21-6-4-12(5-7-21)9-20-15(22)13-8-14(18)11-19-10-13/h4,8,10-11H,5-7,9H2,1-3H3,(H,20,22). The van der Waals surface area contributed by atoms with E-state index in [2.05, 4.69) is 26.2 Å². The van der Waals surface area contributed by atoms with E-state index in [9.17, 15) is 9.59 Å². The quantitative estimate of drug-likeness (QED) is 0.797. The lowest BCUT2D eigenvalue weighted by Gasteiger charge is -2.29. The molecule has 1 aliphatic heterocycles. The lowest BCUT2D eigenvalue weighted by molar-refractivity contribution is 0.0265. The number of nitrogens with zero attached hydrogens (tertiary/aromatic N) is 2. The molecule has 2 rings (SSSR count). The summed E-state index contributed by atoms with van der Waals surface area (Å²) >= 11 is 3.30. The average Bonchev–Trinajstić information content (AvgIpc) is 2.51. The maximum absolute atomic E-state index is 12.1. The Balaban J connectivity index is 1.83. The number of carbonyl (C=O) groups is 2. The topological polar surface area (TPSA) is 71.5 Å². The van der Waals surface area contributed by atoms with Gasteiger partial charge in [0.2, 0.25) is 0 Å². The van der Waals surface area contributed by atoms with E-state index in [1.54, 1.807) is 17.2 Å². The van der Waals surface area contributed by atoms with Gasteiger partial charge in [0.15, 0.2) is 0 Å². The van der Waals surface area contributed by atoms with Crippen LogP contribution in [0.3, 0.4) is 0 Å². The minimum atomic E-state index is -0.493. The van der Waals surface area contributed by atoms with Crippen molar-refractivity contribution in [2.24, 2.45) is 0 Å². The first-order chi connectivity index (χ1) is 11.2. The summed E-state index contributed by atoms with van der Waals surface area (Å²) < 4.78 is 6.12. The molecule has 0 unspecified atom stereocenters. The fourth-order valence-electron chi connectivity index (χ4n) is 2.20. The van der Waals surface area contributed by atoms with Gasteiger partial charge in [-0.05, 0) is 49.2 Å². The zero-order chi connectivity index (χ0) is 17.7. The highest BCUT2D eigenvalue weighted by Gasteiger charge is 2.23. The van der Waals surface area contributed by atoms with Crippen molar-refractivity contribution in [1.29, 1.82) is 0 Å². The molecule has 130 valence electrons. The number of nitrogens with one attached hydrogen (secondary N) is 1. The maximum Gasteiger partial charge on any atom is 0.410 e. The highest BCUT2D eigenvalue weighted by atomic mass is 79.9. The lowest BCUT2D eigenvalue weighted by Crippen LogP contribution is -2.40. The third-order valence-electron chi connectivity index (χ3n) is 3.40. The van der Waals surface area contributed by atoms with Crippen LogP contribution in [0.25, 0.3) is 0 Å². The van der Waals surface area contributed by atoms with Crippen LogP contribution in [0.2, 0.25) is 0 Å². The van der Waals surface area contributed by atoms with E-state index in [0.29, 0.717) is 25.2 Å². The molecule has 2 heterocycles. The van der Waals surface area contributed by atoms with E-state index in [0.717, 1.165) is 16.5 Å². The van der Waals surface area contributed by atoms with Crippen LogP contribution >= 0.6 is 15.9 Å². The number of aromatic nitrogens is 1. The summed E-state index contributed by atoms with van der Waals surface area (Å²) in [5, 5.41) is 2.88. The van der Waals surface area contributed by atoms with Crippen molar-refractivity contribution in [3.63, 3.8) is 0 Å². The molecule has 1 aromatic heterocycles. The van der Waals surface area contributed by atoms with Gasteiger partial charge in [0.1, 0.15) is 5.60 Å². The molecule has 1 aliphatic rings. The zero-order valence-corrected chi connectivity index (χ0v) is 15.7. The molecule has 7 heteroatoms. The van der Waals surface area contributed by atoms with Crippen LogP contribution < -0.4 is 5.32 Å². The Morgan fingerprint density at radius 3 is 2.71 bits per heavy atom. The van der Waals surface area contributed by atoms with Gasteiger partial charge in [-0.25, -0.2) is 4.79 Å². The summed E-state index contributed by atoms with van der Waals surface area (Å²) in [6, 6.07) is 1.72. The highest BCUT2D eigenvalue weighted by molar-refractivity contribution is 9.10. The van der Waals surface area contributed by atoms with Gasteiger partial charge >= 0.3 is 6.09 Å². The predicted octanol–water partition coefficient (Wildman–Crippen LogP) is 3.14. The molecule has 0 saturated carbocycles. The van der Waals surface area contributed by atoms with Gasteiger partial charge in [0.25, 0.3) is 5.91 Å². The third-order valence-corrected chi connectivity index (χ3v) is 3.83. The zero-order valence-electron chi connectivity index (χ0n) is 14.1. The fraction of sp³-hybridized carbons (Fsp3) is 0.471. The van der Waals surface area contributed by atoms with Crippen molar-refractivity contribution in [2.75, 3.05) is 19.6 Å². The molecule has 24 heavy (non-hydrogen) atoms. The Bertz CT molecular complexity index is 653. The van der Waals surface area contributed by atoms with E-state index in [4.69, 9.17) is 4.74 Å². The van der Waals surface area contributed by atoms with Gasteiger partial charge < -0.3 is 15.0 Å². The van der Waals surface area contributed by atoms with E-state index >= 15 is 0 Å². The van der Waals surface area contributed by atoms with E-state index in [-0.39, 0.29) is 12.0 Å². The first-order valence-corrected chi connectivity index (χ1v) is 8.58. The molecule has 0 radical (unpaired) electrons. The van der Waals surface area contributed by atoms with Crippen molar-refractivity contribution in [2.45, 2.75) is 32.8 Å². The summed E-state index contributed by atoms with van der Waals surface area (Å²) in [7, 11) is 0. The van der Waals surface area contributed by atoms with Gasteiger partial charge in [0, 0.05) is 36.5 Å². The Morgan fingerprint density at radius 2 is 2.12 bits per heavy atom. The van der Waals surface area contributed by atoms with E-state index in [1.807, 2.05) is 26.8 Å². The van der Waals surface area contributed by atoms with Gasteiger partial charge in [-0.2, -0.15) is 0 Å². The molecule has 1 aromatic rings. The highest BCUT2D eigenvalue weighted by Crippen LogP contribution is 2.15. The molecule has 0 aromatic carbocycles. The Hall–Kier alpha value is -1.89. The minimum Gasteiger partial charge on any atom is -0.444 e. The molecule has 0 aliphatic carbocycles. The Labute approximate surface area is 150 Å². The van der Waals surface area contributed by atoms with E-state index in [1.165, 1.54) is 6.20 Å². The van der Waals surface area contributed by atoms with Gasteiger partial charge in [-0.15, -0.1) is 0 Å². The fourth-order valence-corrected chi connectivity index (χ4v) is 2.56. The second-order valence-corrected chi connectivity index (χ2v) is 7.53. The van der Waals surface area contributed by atoms with Crippen molar-refractivity contribution in [3.8, 4) is 0 Å². The van der Waals surface area contributed by atoms with Crippen molar-refractivity contribution in [1.82, 2.24) is 15.2 Å². The third kappa shape index (κ3) is 5.63. The van der Waals surface area contributed by atoms with Crippen molar-refractivity contribution in [3.05, 3.63) is 40.1 Å². The number of rotatable bonds is 3. The number of halogens is 1. The van der Waals surface area contributed by atoms with Gasteiger partial charge in [-0.1, -0.05) is 11.6 Å². The first-order valence-electron chi connectivity index (χ1n) is 7.79. The maximum atomic E-state index is 12.1. The first kappa shape index (κ1) is 18.4. The monoisotopic (exact) mass is 395 g/mol. The van der Waals surface area contributed by atoms with Crippen LogP contribution in [0, 0.1) is 0 Å². The van der Waals surface area contributed by atoms with Gasteiger partial charge in [-0.3, -0.25) is 9.78 Å². The molecule has 0 bridgehead atoms. The number of hydrogen-bond donors (Lipinski definition) is 1.